The summed E-state index contributed by atoms with van der Waals surface area (Å²) in [7, 11) is 0. The van der Waals surface area contributed by atoms with E-state index in [0.29, 0.717) is 11.5 Å². The normalized spacial score (nSPS) is 14.8. The maximum absolute atomic E-state index is 12.3. The summed E-state index contributed by atoms with van der Waals surface area (Å²) < 4.78 is 18.9. The molecule has 13 heteroatoms. The van der Waals surface area contributed by atoms with E-state index < -0.39 is 35.0 Å². The Kier molecular flexibility index (Phi) is 7.89. The third-order valence-electron chi connectivity index (χ3n) is 5.91. The van der Waals surface area contributed by atoms with Gasteiger partial charge < -0.3 is 25.0 Å². The molecule has 206 valence electrons. The lowest BCUT2D eigenvalue weighted by Gasteiger charge is -2.23. The first-order valence-corrected chi connectivity index (χ1v) is 14.1. The van der Waals surface area contributed by atoms with Crippen molar-refractivity contribution in [2.24, 2.45) is 0 Å². The molecule has 1 aliphatic rings. The molecule has 4 rings (SSSR count). The molecular weight excluding hydrogens is 522 g/mol. The van der Waals surface area contributed by atoms with Crippen molar-refractivity contribution < 1.29 is 24.0 Å². The highest BCUT2D eigenvalue weighted by Crippen LogP contribution is 2.34. The number of ether oxygens (including phenoxy) is 1. The quantitative estimate of drug-likeness (QED) is 0.341. The van der Waals surface area contributed by atoms with Crippen LogP contribution in [-0.4, -0.2) is 54.3 Å². The zero-order valence-electron chi connectivity index (χ0n) is 22.4. The van der Waals surface area contributed by atoms with Crippen molar-refractivity contribution in [3.63, 3.8) is 0 Å². The van der Waals surface area contributed by atoms with E-state index in [1.807, 2.05) is 25.1 Å². The first-order valence-electron chi connectivity index (χ1n) is 12.4. The second kappa shape index (κ2) is 11.0. The van der Waals surface area contributed by atoms with Gasteiger partial charge in [0.1, 0.15) is 34.6 Å². The Bertz CT molecular complexity index is 1440. The number of hydrogen-bond acceptors (Lipinski definition) is 8. The number of carboxylic acid groups (broad SMARTS) is 1. The zero-order valence-corrected chi connectivity index (χ0v) is 23.2. The molecule has 2 amide bonds. The van der Waals surface area contributed by atoms with Gasteiger partial charge in [0, 0.05) is 23.4 Å². The molecule has 2 aromatic heterocycles. The largest absolute Gasteiger partial charge is 0.616 e. The van der Waals surface area contributed by atoms with E-state index in [9.17, 15) is 24.5 Å². The summed E-state index contributed by atoms with van der Waals surface area (Å²) in [6.45, 7) is 7.16. The van der Waals surface area contributed by atoms with Crippen LogP contribution in [0.3, 0.4) is 0 Å². The summed E-state index contributed by atoms with van der Waals surface area (Å²) in [5.74, 6) is 0.844. The van der Waals surface area contributed by atoms with Crippen molar-refractivity contribution in [3.8, 4) is 6.07 Å². The highest BCUT2D eigenvalue weighted by atomic mass is 32.2. The Morgan fingerprint density at radius 1 is 1.36 bits per heavy atom. The van der Waals surface area contributed by atoms with E-state index in [2.05, 4.69) is 20.7 Å². The molecule has 0 bridgehead atoms. The van der Waals surface area contributed by atoms with Gasteiger partial charge in [0.15, 0.2) is 5.65 Å². The lowest BCUT2D eigenvalue weighted by molar-refractivity contribution is 0.0507. The molecule has 39 heavy (non-hydrogen) atoms. The Morgan fingerprint density at radius 3 is 2.67 bits per heavy atom. The molecule has 3 N–H and O–H groups in total. The van der Waals surface area contributed by atoms with Crippen molar-refractivity contribution in [3.05, 3.63) is 47.2 Å². The van der Waals surface area contributed by atoms with Crippen LogP contribution in [0.15, 0.2) is 30.5 Å². The second-order valence-corrected chi connectivity index (χ2v) is 11.8. The van der Waals surface area contributed by atoms with Crippen LogP contribution in [0.2, 0.25) is 0 Å². The highest BCUT2D eigenvalue weighted by molar-refractivity contribution is 7.89. The fourth-order valence-electron chi connectivity index (χ4n) is 4.20. The van der Waals surface area contributed by atoms with E-state index in [1.54, 1.807) is 39.2 Å². The average molecular weight is 554 g/mol. The number of carbonyl (C=O) groups excluding carboxylic acids is 1. The summed E-state index contributed by atoms with van der Waals surface area (Å²) in [6, 6.07) is 8.45. The standard InChI is InChI=1S/C26H31N7O5S/c1-15(29-24(34)38-26(2,3)4)20-9-6-18(10-16(20)14-39(5)37)30-21-11-22(32(25(35)36)19-7-8-19)33-23(31-21)17(12-27)13-28-33/h6,9-11,13,15,19H,7-8,14H2,1-5H3,(H,29,34)(H,30,31)(H,35,36). The number of nitrogens with one attached hydrogen (secondary N) is 2. The molecule has 0 saturated heterocycles. The molecule has 3 aromatic rings. The van der Waals surface area contributed by atoms with Crippen LogP contribution in [0.25, 0.3) is 5.65 Å². The first-order chi connectivity index (χ1) is 18.4. The minimum absolute atomic E-state index is 0.167. The summed E-state index contributed by atoms with van der Waals surface area (Å²) in [5.41, 5.74) is 1.93. The number of hydrogen-bond donors (Lipinski definition) is 3. The van der Waals surface area contributed by atoms with Crippen molar-refractivity contribution in [2.75, 3.05) is 16.5 Å². The average Bonchev–Trinajstić information content (AvgIpc) is 3.55. The molecule has 1 saturated carbocycles. The topological polar surface area (TPSA) is 168 Å². The number of anilines is 3. The number of benzene rings is 1. The number of alkyl carbamates (subject to hydrolysis) is 1. The third-order valence-corrected chi connectivity index (χ3v) is 6.63. The fourth-order valence-corrected chi connectivity index (χ4v) is 4.88. The SMILES string of the molecule is CC(NC(=O)OC(C)(C)C)c1ccc(Nc2cc(N(C(=O)O)C3CC3)n3ncc(C#N)c3n2)cc1C[S+](C)[O-]. The molecule has 0 radical (unpaired) electrons. The Balaban J connectivity index is 1.68. The van der Waals surface area contributed by atoms with E-state index >= 15 is 0 Å². The van der Waals surface area contributed by atoms with Crippen molar-refractivity contribution >= 4 is 46.3 Å². The van der Waals surface area contributed by atoms with Gasteiger partial charge in [-0.05, 0) is 58.2 Å². The van der Waals surface area contributed by atoms with Crippen LogP contribution in [0.5, 0.6) is 0 Å². The number of nitrogens with zero attached hydrogens (tertiary/aromatic N) is 5. The van der Waals surface area contributed by atoms with Gasteiger partial charge in [-0.25, -0.2) is 14.6 Å². The molecule has 2 heterocycles. The minimum Gasteiger partial charge on any atom is -0.616 e. The van der Waals surface area contributed by atoms with Gasteiger partial charge in [-0.3, -0.25) is 4.90 Å². The van der Waals surface area contributed by atoms with Crippen molar-refractivity contribution in [2.45, 2.75) is 64.0 Å². The van der Waals surface area contributed by atoms with Crippen molar-refractivity contribution in [1.82, 2.24) is 19.9 Å². The van der Waals surface area contributed by atoms with Gasteiger partial charge >= 0.3 is 12.2 Å². The van der Waals surface area contributed by atoms with E-state index in [0.717, 1.165) is 24.0 Å². The maximum Gasteiger partial charge on any atom is 0.413 e. The van der Waals surface area contributed by atoms with Crippen LogP contribution in [0, 0.1) is 11.3 Å². The van der Waals surface area contributed by atoms with Gasteiger partial charge in [0.05, 0.1) is 18.5 Å². The van der Waals surface area contributed by atoms with Crippen LogP contribution in [-0.2, 0) is 21.7 Å². The van der Waals surface area contributed by atoms with Crippen molar-refractivity contribution in [1.29, 1.82) is 5.26 Å². The second-order valence-electron chi connectivity index (χ2n) is 10.4. The zero-order chi connectivity index (χ0) is 28.5. The molecule has 12 nitrogen and oxygen atoms in total. The first kappa shape index (κ1) is 28.0. The van der Waals surface area contributed by atoms with Gasteiger partial charge in [-0.1, -0.05) is 17.2 Å². The van der Waals surface area contributed by atoms with Gasteiger partial charge in [-0.15, -0.1) is 0 Å². The van der Waals surface area contributed by atoms with Crippen LogP contribution >= 0.6 is 0 Å². The number of aromatic nitrogens is 3. The Labute approximate surface area is 229 Å². The van der Waals surface area contributed by atoms with Gasteiger partial charge in [0.25, 0.3) is 0 Å². The van der Waals surface area contributed by atoms with E-state index in [4.69, 9.17) is 4.74 Å². The Morgan fingerprint density at radius 2 is 2.08 bits per heavy atom. The Hall–Kier alpha value is -4.02. The predicted molar refractivity (Wildman–Crippen MR) is 147 cm³/mol. The summed E-state index contributed by atoms with van der Waals surface area (Å²) in [4.78, 5) is 30.2. The number of rotatable bonds is 8. The molecule has 2 atom stereocenters. The van der Waals surface area contributed by atoms with Gasteiger partial charge in [0.2, 0.25) is 0 Å². The highest BCUT2D eigenvalue weighted by Gasteiger charge is 2.36. The monoisotopic (exact) mass is 553 g/mol. The third kappa shape index (κ3) is 6.71. The van der Waals surface area contributed by atoms with Crippen LogP contribution in [0.1, 0.15) is 63.3 Å². The maximum atomic E-state index is 12.3. The molecular formula is C26H31N7O5S. The van der Waals surface area contributed by atoms with Crippen LogP contribution < -0.4 is 15.5 Å². The minimum atomic E-state index is -1.16. The summed E-state index contributed by atoms with van der Waals surface area (Å²) >= 11 is -1.16. The molecule has 1 aliphatic carbocycles. The van der Waals surface area contributed by atoms with Crippen LogP contribution in [0.4, 0.5) is 26.9 Å². The number of carbonyl (C=O) groups is 2. The number of amides is 2. The summed E-state index contributed by atoms with van der Waals surface area (Å²) in [6.07, 6.45) is 2.75. The van der Waals surface area contributed by atoms with E-state index in [-0.39, 0.29) is 28.8 Å². The molecule has 1 aromatic carbocycles. The molecule has 0 spiro atoms. The fraction of sp³-hybridized carbons (Fsp3) is 0.423. The summed E-state index contributed by atoms with van der Waals surface area (Å²) in [5, 5.41) is 29.6. The van der Waals surface area contributed by atoms with Gasteiger partial charge in [-0.2, -0.15) is 14.9 Å². The lowest BCUT2D eigenvalue weighted by Crippen LogP contribution is -2.34. The number of nitriles is 1. The molecule has 0 aliphatic heterocycles. The number of fused-ring (bicyclic) bond motifs is 1. The lowest BCUT2D eigenvalue weighted by atomic mass is 10.0. The smallest absolute Gasteiger partial charge is 0.413 e. The molecule has 1 fully saturated rings. The van der Waals surface area contributed by atoms with E-state index in [1.165, 1.54) is 15.6 Å². The predicted octanol–water partition coefficient (Wildman–Crippen LogP) is 4.46. The molecule has 2 unspecified atom stereocenters.